The van der Waals surface area contributed by atoms with Gasteiger partial charge in [0.1, 0.15) is 28.7 Å². The van der Waals surface area contributed by atoms with Crippen molar-refractivity contribution in [2.24, 2.45) is 0 Å². The van der Waals surface area contributed by atoms with Crippen LogP contribution in [0.5, 0.6) is 5.75 Å². The van der Waals surface area contributed by atoms with Gasteiger partial charge in [-0.1, -0.05) is 0 Å². The summed E-state index contributed by atoms with van der Waals surface area (Å²) in [6.45, 7) is 1.78. The Morgan fingerprint density at radius 1 is 1.43 bits per heavy atom. The lowest BCUT2D eigenvalue weighted by Gasteiger charge is -1.97. The number of benzene rings is 1. The van der Waals surface area contributed by atoms with E-state index in [2.05, 4.69) is 6.07 Å². The number of hydrogen-bond donors (Lipinski definition) is 0. The molecule has 0 atom stereocenters. The zero-order chi connectivity index (χ0) is 10.1. The highest BCUT2D eigenvalue weighted by Crippen LogP contribution is 2.28. The van der Waals surface area contributed by atoms with Crippen molar-refractivity contribution in [2.45, 2.75) is 6.92 Å². The minimum atomic E-state index is 0.582. The standard InChI is InChI=1S/C11H9NO2/c1-7-10(6-12)9-5-8(13-2)3-4-11(9)14-7/h3-5H,1-2H3. The fourth-order valence-electron chi connectivity index (χ4n) is 1.46. The molecule has 1 aromatic heterocycles. The van der Waals surface area contributed by atoms with Crippen LogP contribution in [0.15, 0.2) is 22.6 Å². The van der Waals surface area contributed by atoms with E-state index in [1.54, 1.807) is 14.0 Å². The molecule has 0 aliphatic heterocycles. The van der Waals surface area contributed by atoms with Crippen LogP contribution in [0.4, 0.5) is 0 Å². The second-order valence-electron chi connectivity index (χ2n) is 3.01. The fraction of sp³-hybridized carbons (Fsp3) is 0.182. The average Bonchev–Trinajstić information content (AvgIpc) is 2.52. The van der Waals surface area contributed by atoms with Gasteiger partial charge >= 0.3 is 0 Å². The Balaban J connectivity index is 2.79. The molecule has 3 nitrogen and oxygen atoms in total. The van der Waals surface area contributed by atoms with Crippen molar-refractivity contribution in [3.63, 3.8) is 0 Å². The molecule has 3 heteroatoms. The average molecular weight is 187 g/mol. The molecule has 1 heterocycles. The van der Waals surface area contributed by atoms with Crippen molar-refractivity contribution in [2.75, 3.05) is 7.11 Å². The molecular weight excluding hydrogens is 178 g/mol. The first-order valence-corrected chi connectivity index (χ1v) is 4.23. The molecule has 1 aromatic carbocycles. The highest BCUT2D eigenvalue weighted by atomic mass is 16.5. The van der Waals surface area contributed by atoms with Gasteiger partial charge in [0.2, 0.25) is 0 Å². The van der Waals surface area contributed by atoms with Gasteiger partial charge in [-0.05, 0) is 25.1 Å². The SMILES string of the molecule is COc1ccc2oc(C)c(C#N)c2c1. The summed E-state index contributed by atoms with van der Waals surface area (Å²) >= 11 is 0. The van der Waals surface area contributed by atoms with Gasteiger partial charge in [-0.15, -0.1) is 0 Å². The van der Waals surface area contributed by atoms with E-state index in [1.807, 2.05) is 18.2 Å². The van der Waals surface area contributed by atoms with Gasteiger partial charge in [0.15, 0.2) is 0 Å². The smallest absolute Gasteiger partial charge is 0.135 e. The maximum atomic E-state index is 8.92. The Morgan fingerprint density at radius 3 is 2.86 bits per heavy atom. The molecule has 0 spiro atoms. The first kappa shape index (κ1) is 8.64. The van der Waals surface area contributed by atoms with E-state index in [0.717, 1.165) is 16.7 Å². The predicted octanol–water partition coefficient (Wildman–Crippen LogP) is 2.62. The number of fused-ring (bicyclic) bond motifs is 1. The second-order valence-corrected chi connectivity index (χ2v) is 3.01. The van der Waals surface area contributed by atoms with Crippen LogP contribution in [0.25, 0.3) is 11.0 Å². The molecule has 0 bridgehead atoms. The third-order valence-electron chi connectivity index (χ3n) is 2.18. The molecule has 70 valence electrons. The summed E-state index contributed by atoms with van der Waals surface area (Å²) in [4.78, 5) is 0. The summed E-state index contributed by atoms with van der Waals surface area (Å²) in [6, 6.07) is 7.55. The van der Waals surface area contributed by atoms with E-state index in [-0.39, 0.29) is 0 Å². The van der Waals surface area contributed by atoms with Crippen molar-refractivity contribution in [3.8, 4) is 11.8 Å². The Hall–Kier alpha value is -1.95. The molecular formula is C11H9NO2. The lowest BCUT2D eigenvalue weighted by molar-refractivity contribution is 0.415. The van der Waals surface area contributed by atoms with Gasteiger partial charge in [-0.25, -0.2) is 0 Å². The first-order valence-electron chi connectivity index (χ1n) is 4.23. The minimum Gasteiger partial charge on any atom is -0.497 e. The van der Waals surface area contributed by atoms with E-state index in [0.29, 0.717) is 11.3 Å². The molecule has 0 radical (unpaired) electrons. The van der Waals surface area contributed by atoms with Crippen LogP contribution in [0.2, 0.25) is 0 Å². The van der Waals surface area contributed by atoms with Crippen molar-refractivity contribution in [3.05, 3.63) is 29.5 Å². The molecule has 2 aromatic rings. The molecule has 0 saturated heterocycles. The Morgan fingerprint density at radius 2 is 2.21 bits per heavy atom. The minimum absolute atomic E-state index is 0.582. The molecule has 2 rings (SSSR count). The third-order valence-corrected chi connectivity index (χ3v) is 2.18. The topological polar surface area (TPSA) is 46.2 Å². The summed E-state index contributed by atoms with van der Waals surface area (Å²) < 4.78 is 10.5. The van der Waals surface area contributed by atoms with Gasteiger partial charge in [0.25, 0.3) is 0 Å². The lowest BCUT2D eigenvalue weighted by Crippen LogP contribution is -1.81. The Labute approximate surface area is 81.5 Å². The molecule has 0 amide bonds. The van der Waals surface area contributed by atoms with Gasteiger partial charge in [-0.2, -0.15) is 5.26 Å². The number of furan rings is 1. The van der Waals surface area contributed by atoms with E-state index in [1.165, 1.54) is 0 Å². The maximum Gasteiger partial charge on any atom is 0.135 e. The number of aryl methyl sites for hydroxylation is 1. The van der Waals surface area contributed by atoms with E-state index in [4.69, 9.17) is 14.4 Å². The van der Waals surface area contributed by atoms with Gasteiger partial charge in [0.05, 0.1) is 7.11 Å². The Kier molecular flexibility index (Phi) is 1.90. The van der Waals surface area contributed by atoms with Gasteiger partial charge in [-0.3, -0.25) is 0 Å². The number of hydrogen-bond acceptors (Lipinski definition) is 3. The van der Waals surface area contributed by atoms with E-state index in [9.17, 15) is 0 Å². The van der Waals surface area contributed by atoms with Crippen LogP contribution < -0.4 is 4.74 Å². The van der Waals surface area contributed by atoms with Crippen LogP contribution in [0, 0.1) is 18.3 Å². The van der Waals surface area contributed by atoms with Crippen LogP contribution in [-0.4, -0.2) is 7.11 Å². The number of ether oxygens (including phenoxy) is 1. The quantitative estimate of drug-likeness (QED) is 0.689. The van der Waals surface area contributed by atoms with Gasteiger partial charge in [0, 0.05) is 5.39 Å². The van der Waals surface area contributed by atoms with Crippen molar-refractivity contribution in [1.82, 2.24) is 0 Å². The zero-order valence-corrected chi connectivity index (χ0v) is 8.00. The van der Waals surface area contributed by atoms with Crippen LogP contribution in [-0.2, 0) is 0 Å². The Bertz CT molecular complexity index is 520. The van der Waals surface area contributed by atoms with Crippen molar-refractivity contribution < 1.29 is 9.15 Å². The zero-order valence-electron chi connectivity index (χ0n) is 8.00. The monoisotopic (exact) mass is 187 g/mol. The second kappa shape index (κ2) is 3.08. The number of methoxy groups -OCH3 is 1. The predicted molar refractivity (Wildman–Crippen MR) is 52.2 cm³/mol. The molecule has 0 aliphatic rings. The van der Waals surface area contributed by atoms with E-state index >= 15 is 0 Å². The lowest BCUT2D eigenvalue weighted by atomic mass is 10.1. The van der Waals surface area contributed by atoms with Crippen LogP contribution in [0.3, 0.4) is 0 Å². The summed E-state index contributed by atoms with van der Waals surface area (Å²) in [5, 5.41) is 9.73. The normalized spacial score (nSPS) is 10.1. The molecule has 0 N–H and O–H groups in total. The summed E-state index contributed by atoms with van der Waals surface area (Å²) in [6.07, 6.45) is 0. The molecule has 0 aliphatic carbocycles. The highest BCUT2D eigenvalue weighted by Gasteiger charge is 2.10. The number of nitrogens with zero attached hydrogens (tertiary/aromatic N) is 1. The number of rotatable bonds is 1. The fourth-order valence-corrected chi connectivity index (χ4v) is 1.46. The van der Waals surface area contributed by atoms with E-state index < -0.39 is 0 Å². The molecule has 0 fully saturated rings. The summed E-state index contributed by atoms with van der Waals surface area (Å²) in [5.41, 5.74) is 1.30. The van der Waals surface area contributed by atoms with Crippen LogP contribution in [0.1, 0.15) is 11.3 Å². The van der Waals surface area contributed by atoms with Gasteiger partial charge < -0.3 is 9.15 Å². The first-order chi connectivity index (χ1) is 6.76. The molecule has 14 heavy (non-hydrogen) atoms. The summed E-state index contributed by atoms with van der Waals surface area (Å²) in [7, 11) is 1.60. The van der Waals surface area contributed by atoms with Crippen molar-refractivity contribution in [1.29, 1.82) is 5.26 Å². The third kappa shape index (κ3) is 1.12. The van der Waals surface area contributed by atoms with Crippen LogP contribution >= 0.6 is 0 Å². The largest absolute Gasteiger partial charge is 0.497 e. The van der Waals surface area contributed by atoms with Crippen molar-refractivity contribution >= 4 is 11.0 Å². The molecule has 0 saturated carbocycles. The maximum absolute atomic E-state index is 8.92. The summed E-state index contributed by atoms with van der Waals surface area (Å²) in [5.74, 6) is 1.38. The number of nitriles is 1. The molecule has 0 unspecified atom stereocenters. The highest BCUT2D eigenvalue weighted by molar-refractivity contribution is 5.86.